The maximum atomic E-state index is 12.1. The maximum Gasteiger partial charge on any atom is 0.271 e. The summed E-state index contributed by atoms with van der Waals surface area (Å²) in [5, 5.41) is 4.22. The molecule has 102 valence electrons. The van der Waals surface area contributed by atoms with Crippen LogP contribution in [0.5, 0.6) is 0 Å². The molecule has 0 unspecified atom stereocenters. The second-order valence-electron chi connectivity index (χ2n) is 4.40. The first-order valence-electron chi connectivity index (χ1n) is 6.55. The molecule has 2 rings (SSSR count). The van der Waals surface area contributed by atoms with Crippen LogP contribution in [0.15, 0.2) is 53.9 Å². The number of rotatable bonds is 4. The Bertz CT molecular complexity index is 621. The predicted molar refractivity (Wildman–Crippen MR) is 79.7 cm³/mol. The molecule has 0 aliphatic rings. The molecule has 0 saturated carbocycles. The summed E-state index contributed by atoms with van der Waals surface area (Å²) in [7, 11) is 0. The fraction of sp³-hybridized carbons (Fsp3) is 0.188. The number of benzene rings is 1. The lowest BCUT2D eigenvalue weighted by atomic mass is 10.1. The van der Waals surface area contributed by atoms with E-state index in [0.29, 0.717) is 5.56 Å². The van der Waals surface area contributed by atoms with E-state index < -0.39 is 0 Å². The molecule has 0 spiro atoms. The number of aromatic nitrogens is 1. The van der Waals surface area contributed by atoms with E-state index in [4.69, 9.17) is 0 Å². The van der Waals surface area contributed by atoms with Gasteiger partial charge in [-0.2, -0.15) is 5.10 Å². The number of carbonyl (C=O) groups is 1. The third-order valence-electron chi connectivity index (χ3n) is 3.03. The zero-order valence-electron chi connectivity index (χ0n) is 11.6. The van der Waals surface area contributed by atoms with Crippen LogP contribution in [0, 0.1) is 6.92 Å². The van der Waals surface area contributed by atoms with Crippen molar-refractivity contribution in [2.24, 2.45) is 5.10 Å². The number of carbonyl (C=O) groups excluding carboxylic acids is 1. The Balaban J connectivity index is 2.16. The molecule has 1 amide bonds. The van der Waals surface area contributed by atoms with Gasteiger partial charge in [0.1, 0.15) is 0 Å². The van der Waals surface area contributed by atoms with Gasteiger partial charge in [0.25, 0.3) is 5.91 Å². The Morgan fingerprint density at radius 2 is 1.90 bits per heavy atom. The third-order valence-corrected chi connectivity index (χ3v) is 3.03. The van der Waals surface area contributed by atoms with Crippen molar-refractivity contribution in [1.82, 2.24) is 10.4 Å². The summed E-state index contributed by atoms with van der Waals surface area (Å²) in [6.07, 6.45) is 4.16. The van der Waals surface area contributed by atoms with Gasteiger partial charge in [-0.15, -0.1) is 0 Å². The molecule has 1 heterocycles. The van der Waals surface area contributed by atoms with Gasteiger partial charge in [0.05, 0.1) is 5.71 Å². The highest BCUT2D eigenvalue weighted by molar-refractivity contribution is 6.02. The van der Waals surface area contributed by atoms with E-state index in [-0.39, 0.29) is 5.91 Å². The van der Waals surface area contributed by atoms with Crippen molar-refractivity contribution in [1.29, 1.82) is 0 Å². The van der Waals surface area contributed by atoms with Gasteiger partial charge < -0.3 is 0 Å². The zero-order valence-corrected chi connectivity index (χ0v) is 11.6. The molecule has 0 saturated heterocycles. The molecule has 1 N–H and O–H groups in total. The van der Waals surface area contributed by atoms with Crippen molar-refractivity contribution in [3.8, 4) is 0 Å². The van der Waals surface area contributed by atoms with Gasteiger partial charge in [0.2, 0.25) is 0 Å². The summed E-state index contributed by atoms with van der Waals surface area (Å²) in [5.74, 6) is -0.192. The standard InChI is InChI=1S/C16H17N3O/c1-3-15(13-8-10-17-11-9-13)18-19-16(20)14-7-5-4-6-12(14)2/h4-11H,3H2,1-2H3,(H,19,20). The number of hydrogen-bond donors (Lipinski definition) is 1. The number of hydrazone groups is 1. The molecule has 1 aromatic carbocycles. The number of nitrogens with zero attached hydrogens (tertiary/aromatic N) is 2. The van der Waals surface area contributed by atoms with Crippen LogP contribution in [0.2, 0.25) is 0 Å². The number of pyridine rings is 1. The lowest BCUT2D eigenvalue weighted by Gasteiger charge is -2.06. The zero-order chi connectivity index (χ0) is 14.4. The lowest BCUT2D eigenvalue weighted by Crippen LogP contribution is -2.20. The first kappa shape index (κ1) is 13.9. The molecule has 2 aromatic rings. The van der Waals surface area contributed by atoms with Crippen LogP contribution in [0.1, 0.15) is 34.8 Å². The minimum atomic E-state index is -0.192. The molecule has 0 fully saturated rings. The number of hydrogen-bond acceptors (Lipinski definition) is 3. The van der Waals surface area contributed by atoms with E-state index in [0.717, 1.165) is 23.3 Å². The summed E-state index contributed by atoms with van der Waals surface area (Å²) >= 11 is 0. The highest BCUT2D eigenvalue weighted by atomic mass is 16.2. The Hall–Kier alpha value is -2.49. The van der Waals surface area contributed by atoms with E-state index in [1.807, 2.05) is 44.2 Å². The first-order valence-corrected chi connectivity index (χ1v) is 6.55. The van der Waals surface area contributed by atoms with Gasteiger partial charge in [-0.1, -0.05) is 25.1 Å². The largest absolute Gasteiger partial charge is 0.271 e. The smallest absolute Gasteiger partial charge is 0.267 e. The monoisotopic (exact) mass is 267 g/mol. The van der Waals surface area contributed by atoms with E-state index in [1.54, 1.807) is 18.5 Å². The number of aryl methyl sites for hydroxylation is 1. The SMILES string of the molecule is CCC(=NNC(=O)c1ccccc1C)c1ccncc1. The van der Waals surface area contributed by atoms with Crippen LogP contribution in [0.3, 0.4) is 0 Å². The predicted octanol–water partition coefficient (Wildman–Crippen LogP) is 2.93. The molecule has 0 radical (unpaired) electrons. The topological polar surface area (TPSA) is 54.4 Å². The molecule has 0 bridgehead atoms. The Labute approximate surface area is 118 Å². The highest BCUT2D eigenvalue weighted by Gasteiger charge is 2.08. The van der Waals surface area contributed by atoms with Crippen LogP contribution in [-0.4, -0.2) is 16.6 Å². The van der Waals surface area contributed by atoms with Gasteiger partial charge in [-0.3, -0.25) is 9.78 Å². The molecule has 20 heavy (non-hydrogen) atoms. The van der Waals surface area contributed by atoms with Crippen LogP contribution in [0.4, 0.5) is 0 Å². The van der Waals surface area contributed by atoms with Gasteiger partial charge >= 0.3 is 0 Å². The maximum absolute atomic E-state index is 12.1. The first-order chi connectivity index (χ1) is 9.72. The van der Waals surface area contributed by atoms with E-state index in [2.05, 4.69) is 15.5 Å². The van der Waals surface area contributed by atoms with Crippen LogP contribution < -0.4 is 5.43 Å². The quantitative estimate of drug-likeness (QED) is 0.684. The van der Waals surface area contributed by atoms with Gasteiger partial charge in [-0.25, -0.2) is 5.43 Å². The molecule has 0 aliphatic heterocycles. The average Bonchev–Trinajstić information content (AvgIpc) is 2.49. The van der Waals surface area contributed by atoms with Crippen molar-refractivity contribution in [3.05, 3.63) is 65.5 Å². The van der Waals surface area contributed by atoms with E-state index in [9.17, 15) is 4.79 Å². The number of amides is 1. The van der Waals surface area contributed by atoms with E-state index in [1.165, 1.54) is 0 Å². The molecule has 0 atom stereocenters. The summed E-state index contributed by atoms with van der Waals surface area (Å²) in [6, 6.07) is 11.2. The van der Waals surface area contributed by atoms with Crippen molar-refractivity contribution >= 4 is 11.6 Å². The Morgan fingerprint density at radius 1 is 1.20 bits per heavy atom. The normalized spacial score (nSPS) is 11.2. The summed E-state index contributed by atoms with van der Waals surface area (Å²) in [4.78, 5) is 16.1. The van der Waals surface area contributed by atoms with Crippen molar-refractivity contribution in [3.63, 3.8) is 0 Å². The lowest BCUT2D eigenvalue weighted by molar-refractivity contribution is 0.0954. The van der Waals surface area contributed by atoms with Crippen molar-refractivity contribution in [2.75, 3.05) is 0 Å². The number of nitrogens with one attached hydrogen (secondary N) is 1. The summed E-state index contributed by atoms with van der Waals surface area (Å²) < 4.78 is 0. The molecule has 4 nitrogen and oxygen atoms in total. The second kappa shape index (κ2) is 6.61. The highest BCUT2D eigenvalue weighted by Crippen LogP contribution is 2.07. The summed E-state index contributed by atoms with van der Waals surface area (Å²) in [6.45, 7) is 3.90. The van der Waals surface area contributed by atoms with E-state index >= 15 is 0 Å². The minimum absolute atomic E-state index is 0.192. The average molecular weight is 267 g/mol. The van der Waals surface area contributed by atoms with Crippen molar-refractivity contribution in [2.45, 2.75) is 20.3 Å². The summed E-state index contributed by atoms with van der Waals surface area (Å²) in [5.41, 5.74) is 5.98. The molecule has 0 aliphatic carbocycles. The fourth-order valence-electron chi connectivity index (χ4n) is 1.90. The molecular formula is C16H17N3O. The second-order valence-corrected chi connectivity index (χ2v) is 4.40. The van der Waals surface area contributed by atoms with Gasteiger partial charge in [0.15, 0.2) is 0 Å². The van der Waals surface area contributed by atoms with Crippen LogP contribution >= 0.6 is 0 Å². The minimum Gasteiger partial charge on any atom is -0.267 e. The molecule has 1 aromatic heterocycles. The van der Waals surface area contributed by atoms with Crippen LogP contribution in [-0.2, 0) is 0 Å². The fourth-order valence-corrected chi connectivity index (χ4v) is 1.90. The van der Waals surface area contributed by atoms with Gasteiger partial charge in [0, 0.05) is 23.5 Å². The Kier molecular flexibility index (Phi) is 4.60. The van der Waals surface area contributed by atoms with Gasteiger partial charge in [-0.05, 0) is 37.1 Å². The molecule has 4 heteroatoms. The Morgan fingerprint density at radius 3 is 2.55 bits per heavy atom. The third kappa shape index (κ3) is 3.29. The van der Waals surface area contributed by atoms with Crippen molar-refractivity contribution < 1.29 is 4.79 Å². The van der Waals surface area contributed by atoms with Crippen LogP contribution in [0.25, 0.3) is 0 Å². The molecular weight excluding hydrogens is 250 g/mol.